The normalized spacial score (nSPS) is 13.3. The first-order valence-electron chi connectivity index (χ1n) is 8.50. The number of cyclic esters (lactones) is 1. The van der Waals surface area contributed by atoms with Crippen LogP contribution in [0.4, 0.5) is 10.5 Å². The van der Waals surface area contributed by atoms with Crippen molar-refractivity contribution in [2.45, 2.75) is 20.3 Å². The molecule has 3 rings (SSSR count). The zero-order chi connectivity index (χ0) is 19.4. The number of anilines is 1. The van der Waals surface area contributed by atoms with Crippen molar-refractivity contribution in [3.63, 3.8) is 0 Å². The molecule has 0 saturated carbocycles. The SMILES string of the molecule is COc1cc(C)c(CC(=O)Nc2ccc(C3=NNC(=O)OC3)cc2)cc1C. The molecule has 1 aliphatic heterocycles. The molecule has 7 nitrogen and oxygen atoms in total. The summed E-state index contributed by atoms with van der Waals surface area (Å²) < 4.78 is 10.2. The molecule has 2 amide bonds. The summed E-state index contributed by atoms with van der Waals surface area (Å²) in [6.45, 7) is 4.04. The Morgan fingerprint density at radius 2 is 1.96 bits per heavy atom. The number of hydrogen-bond donors (Lipinski definition) is 2. The lowest BCUT2D eigenvalue weighted by molar-refractivity contribution is -0.115. The van der Waals surface area contributed by atoms with Crippen LogP contribution >= 0.6 is 0 Å². The van der Waals surface area contributed by atoms with E-state index in [1.54, 1.807) is 19.2 Å². The van der Waals surface area contributed by atoms with Gasteiger partial charge in [-0.15, -0.1) is 0 Å². The van der Waals surface area contributed by atoms with Gasteiger partial charge in [-0.1, -0.05) is 18.2 Å². The van der Waals surface area contributed by atoms with Crippen LogP contribution in [-0.2, 0) is 16.0 Å². The Morgan fingerprint density at radius 3 is 2.59 bits per heavy atom. The molecule has 7 heteroatoms. The average Bonchev–Trinajstić information content (AvgIpc) is 2.65. The van der Waals surface area contributed by atoms with Crippen LogP contribution in [0.1, 0.15) is 22.3 Å². The van der Waals surface area contributed by atoms with Crippen molar-refractivity contribution < 1.29 is 19.1 Å². The predicted molar refractivity (Wildman–Crippen MR) is 102 cm³/mol. The van der Waals surface area contributed by atoms with Crippen LogP contribution in [-0.4, -0.2) is 31.4 Å². The van der Waals surface area contributed by atoms with Gasteiger partial charge in [0.1, 0.15) is 18.1 Å². The fraction of sp³-hybridized carbons (Fsp3) is 0.250. The molecule has 1 heterocycles. The summed E-state index contributed by atoms with van der Waals surface area (Å²) in [5.74, 6) is 0.721. The lowest BCUT2D eigenvalue weighted by Crippen LogP contribution is -2.30. The van der Waals surface area contributed by atoms with E-state index in [0.29, 0.717) is 11.4 Å². The van der Waals surface area contributed by atoms with E-state index in [4.69, 9.17) is 9.47 Å². The summed E-state index contributed by atoms with van der Waals surface area (Å²) in [4.78, 5) is 23.3. The van der Waals surface area contributed by atoms with Gasteiger partial charge in [-0.25, -0.2) is 10.2 Å². The third kappa shape index (κ3) is 4.44. The number of carbonyl (C=O) groups is 2. The quantitative estimate of drug-likeness (QED) is 0.850. The van der Waals surface area contributed by atoms with Gasteiger partial charge in [0.05, 0.1) is 13.5 Å². The van der Waals surface area contributed by atoms with Crippen LogP contribution < -0.4 is 15.5 Å². The van der Waals surface area contributed by atoms with Gasteiger partial charge in [-0.05, 0) is 48.7 Å². The van der Waals surface area contributed by atoms with Gasteiger partial charge in [0.15, 0.2) is 0 Å². The van der Waals surface area contributed by atoms with Gasteiger partial charge in [0, 0.05) is 11.3 Å². The van der Waals surface area contributed by atoms with Crippen molar-refractivity contribution in [3.8, 4) is 5.75 Å². The number of aryl methyl sites for hydroxylation is 2. The van der Waals surface area contributed by atoms with E-state index in [2.05, 4.69) is 15.8 Å². The summed E-state index contributed by atoms with van der Waals surface area (Å²) >= 11 is 0. The van der Waals surface area contributed by atoms with E-state index in [1.807, 2.05) is 38.1 Å². The van der Waals surface area contributed by atoms with Gasteiger partial charge >= 0.3 is 6.09 Å². The Morgan fingerprint density at radius 1 is 1.22 bits per heavy atom. The molecule has 140 valence electrons. The van der Waals surface area contributed by atoms with E-state index in [0.717, 1.165) is 28.0 Å². The fourth-order valence-corrected chi connectivity index (χ4v) is 2.84. The number of ether oxygens (including phenoxy) is 2. The third-order valence-electron chi connectivity index (χ3n) is 4.33. The van der Waals surface area contributed by atoms with Gasteiger partial charge in [0.25, 0.3) is 0 Å². The monoisotopic (exact) mass is 367 g/mol. The molecule has 0 saturated heterocycles. The summed E-state index contributed by atoms with van der Waals surface area (Å²) in [5.41, 5.74) is 7.37. The number of amides is 2. The first kappa shape index (κ1) is 18.4. The molecule has 0 spiro atoms. The Hall–Kier alpha value is -3.35. The van der Waals surface area contributed by atoms with Crippen LogP contribution in [0, 0.1) is 13.8 Å². The average molecular weight is 367 g/mol. The number of methoxy groups -OCH3 is 1. The predicted octanol–water partition coefficient (Wildman–Crippen LogP) is 2.94. The van der Waals surface area contributed by atoms with Crippen molar-refractivity contribution in [2.24, 2.45) is 5.10 Å². The minimum atomic E-state index is -0.563. The summed E-state index contributed by atoms with van der Waals surface area (Å²) in [6.07, 6.45) is -0.281. The number of nitrogens with zero attached hydrogens (tertiary/aromatic N) is 1. The Labute approximate surface area is 157 Å². The second kappa shape index (κ2) is 7.90. The zero-order valence-electron chi connectivity index (χ0n) is 15.5. The number of rotatable bonds is 5. The maximum absolute atomic E-state index is 12.4. The molecule has 2 aromatic carbocycles. The molecule has 0 unspecified atom stereocenters. The molecule has 27 heavy (non-hydrogen) atoms. The zero-order valence-corrected chi connectivity index (χ0v) is 15.5. The number of benzene rings is 2. The smallest absolute Gasteiger partial charge is 0.428 e. The summed E-state index contributed by atoms with van der Waals surface area (Å²) in [5, 5.41) is 6.85. The van der Waals surface area contributed by atoms with Crippen LogP contribution in [0.15, 0.2) is 41.5 Å². The van der Waals surface area contributed by atoms with Crippen molar-refractivity contribution in [1.82, 2.24) is 5.43 Å². The van der Waals surface area contributed by atoms with Gasteiger partial charge < -0.3 is 14.8 Å². The molecule has 2 N–H and O–H groups in total. The third-order valence-corrected chi connectivity index (χ3v) is 4.33. The van der Waals surface area contributed by atoms with Gasteiger partial charge in [-0.3, -0.25) is 4.79 Å². The van der Waals surface area contributed by atoms with Crippen molar-refractivity contribution in [3.05, 3.63) is 58.7 Å². The largest absolute Gasteiger partial charge is 0.496 e. The Bertz CT molecular complexity index is 904. The number of nitrogens with one attached hydrogen (secondary N) is 2. The highest BCUT2D eigenvalue weighted by molar-refractivity contribution is 6.04. The molecule has 0 radical (unpaired) electrons. The standard InChI is InChI=1S/C20H21N3O4/c1-12-9-18(26-3)13(2)8-15(12)10-19(24)21-16-6-4-14(5-7-16)17-11-27-20(25)23-22-17/h4-9H,10-11H2,1-3H3,(H,21,24)(H,23,25). The van der Waals surface area contributed by atoms with Gasteiger partial charge in [-0.2, -0.15) is 5.10 Å². The van der Waals surface area contributed by atoms with E-state index >= 15 is 0 Å². The molecule has 0 fully saturated rings. The van der Waals surface area contributed by atoms with E-state index in [1.165, 1.54) is 0 Å². The van der Waals surface area contributed by atoms with E-state index in [-0.39, 0.29) is 18.9 Å². The van der Waals surface area contributed by atoms with Crippen molar-refractivity contribution >= 4 is 23.4 Å². The molecule has 0 atom stereocenters. The van der Waals surface area contributed by atoms with E-state index < -0.39 is 6.09 Å². The van der Waals surface area contributed by atoms with Crippen LogP contribution in [0.5, 0.6) is 5.75 Å². The topological polar surface area (TPSA) is 89.0 Å². The Kier molecular flexibility index (Phi) is 5.40. The number of hydrogen-bond acceptors (Lipinski definition) is 5. The molecule has 0 aliphatic carbocycles. The highest BCUT2D eigenvalue weighted by Crippen LogP contribution is 2.23. The highest BCUT2D eigenvalue weighted by Gasteiger charge is 2.14. The molecular weight excluding hydrogens is 346 g/mol. The highest BCUT2D eigenvalue weighted by atomic mass is 16.6. The molecular formula is C20H21N3O4. The minimum absolute atomic E-state index is 0.0963. The van der Waals surface area contributed by atoms with Gasteiger partial charge in [0.2, 0.25) is 5.91 Å². The molecule has 2 aromatic rings. The first-order valence-corrected chi connectivity index (χ1v) is 8.50. The summed E-state index contributed by atoms with van der Waals surface area (Å²) in [6, 6.07) is 11.1. The lowest BCUT2D eigenvalue weighted by atomic mass is 10.0. The second-order valence-corrected chi connectivity index (χ2v) is 6.30. The van der Waals surface area contributed by atoms with Crippen LogP contribution in [0.2, 0.25) is 0 Å². The van der Waals surface area contributed by atoms with E-state index in [9.17, 15) is 9.59 Å². The Balaban J connectivity index is 1.65. The van der Waals surface area contributed by atoms with Crippen molar-refractivity contribution in [1.29, 1.82) is 0 Å². The fourth-order valence-electron chi connectivity index (χ4n) is 2.84. The number of carbonyl (C=O) groups excluding carboxylic acids is 2. The number of hydrazone groups is 1. The first-order chi connectivity index (χ1) is 13.0. The molecule has 0 bridgehead atoms. The molecule has 0 aromatic heterocycles. The second-order valence-electron chi connectivity index (χ2n) is 6.30. The summed E-state index contributed by atoms with van der Waals surface area (Å²) in [7, 11) is 1.64. The van der Waals surface area contributed by atoms with Crippen molar-refractivity contribution in [2.75, 3.05) is 19.0 Å². The van der Waals surface area contributed by atoms with Crippen LogP contribution in [0.25, 0.3) is 0 Å². The minimum Gasteiger partial charge on any atom is -0.496 e. The van der Waals surface area contributed by atoms with Crippen LogP contribution in [0.3, 0.4) is 0 Å². The molecule has 1 aliphatic rings. The maximum atomic E-state index is 12.4. The maximum Gasteiger partial charge on any atom is 0.428 e. The lowest BCUT2D eigenvalue weighted by Gasteiger charge is -2.14.